The number of methoxy groups -OCH3 is 2. The Hall–Kier alpha value is -3.55. The third-order valence-corrected chi connectivity index (χ3v) is 4.36. The zero-order chi connectivity index (χ0) is 20.8. The van der Waals surface area contributed by atoms with Gasteiger partial charge in [0.25, 0.3) is 0 Å². The van der Waals surface area contributed by atoms with E-state index in [2.05, 4.69) is 15.5 Å². The van der Waals surface area contributed by atoms with E-state index in [1.54, 1.807) is 32.4 Å². The lowest BCUT2D eigenvalue weighted by Crippen LogP contribution is -2.13. The van der Waals surface area contributed by atoms with Gasteiger partial charge in [0.1, 0.15) is 11.5 Å². The summed E-state index contributed by atoms with van der Waals surface area (Å²) in [6.07, 6.45) is 0.530. The lowest BCUT2D eigenvalue weighted by molar-refractivity contribution is -0.116. The number of carbonyl (C=O) groups is 1. The standard InChI is InChI=1S/C21H24N4O4/c1-25(2)15-7-5-14(6-8-15)21-23-20(29-24-21)12-11-19(26)22-17-13-16(27-3)9-10-18(17)28-4/h5-10,13H,11-12H2,1-4H3,(H,22,26). The van der Waals surface area contributed by atoms with E-state index < -0.39 is 0 Å². The molecule has 0 atom stereocenters. The number of hydrogen-bond donors (Lipinski definition) is 1. The number of aryl methyl sites for hydroxylation is 1. The first-order valence-electron chi connectivity index (χ1n) is 9.12. The lowest BCUT2D eigenvalue weighted by atomic mass is 10.2. The maximum Gasteiger partial charge on any atom is 0.227 e. The van der Waals surface area contributed by atoms with E-state index >= 15 is 0 Å². The number of carbonyl (C=O) groups excluding carboxylic acids is 1. The summed E-state index contributed by atoms with van der Waals surface area (Å²) >= 11 is 0. The van der Waals surface area contributed by atoms with Crippen molar-refractivity contribution in [2.75, 3.05) is 38.5 Å². The van der Waals surface area contributed by atoms with Crippen molar-refractivity contribution in [2.24, 2.45) is 0 Å². The van der Waals surface area contributed by atoms with Gasteiger partial charge in [-0.3, -0.25) is 4.79 Å². The molecular weight excluding hydrogens is 372 g/mol. The summed E-state index contributed by atoms with van der Waals surface area (Å²) in [4.78, 5) is 18.7. The third kappa shape index (κ3) is 5.04. The molecule has 0 saturated carbocycles. The zero-order valence-electron chi connectivity index (χ0n) is 16.9. The Morgan fingerprint density at radius 1 is 1.10 bits per heavy atom. The second-order valence-corrected chi connectivity index (χ2v) is 6.57. The molecule has 1 amide bonds. The van der Waals surface area contributed by atoms with Crippen LogP contribution < -0.4 is 19.7 Å². The molecule has 1 N–H and O–H groups in total. The molecule has 1 heterocycles. The second kappa shape index (κ2) is 9.09. The van der Waals surface area contributed by atoms with Crippen LogP contribution in [0.2, 0.25) is 0 Å². The van der Waals surface area contributed by atoms with E-state index in [9.17, 15) is 4.79 Å². The highest BCUT2D eigenvalue weighted by Gasteiger charge is 2.13. The fraction of sp³-hybridized carbons (Fsp3) is 0.286. The van der Waals surface area contributed by atoms with Gasteiger partial charge in [-0.15, -0.1) is 0 Å². The Morgan fingerprint density at radius 3 is 2.52 bits per heavy atom. The first kappa shape index (κ1) is 20.2. The number of anilines is 2. The van der Waals surface area contributed by atoms with Gasteiger partial charge < -0.3 is 24.2 Å². The molecule has 0 radical (unpaired) electrons. The Labute approximate surface area is 169 Å². The number of aromatic nitrogens is 2. The molecular formula is C21H24N4O4. The van der Waals surface area contributed by atoms with Gasteiger partial charge in [-0.25, -0.2) is 0 Å². The molecule has 0 aliphatic heterocycles. The van der Waals surface area contributed by atoms with Gasteiger partial charge in [0, 0.05) is 44.3 Å². The van der Waals surface area contributed by atoms with E-state index in [0.717, 1.165) is 11.3 Å². The van der Waals surface area contributed by atoms with Gasteiger partial charge in [0.05, 0.1) is 19.9 Å². The van der Waals surface area contributed by atoms with Crippen LogP contribution in [-0.2, 0) is 11.2 Å². The minimum atomic E-state index is -0.188. The Bertz CT molecular complexity index is 967. The molecule has 1 aromatic heterocycles. The van der Waals surface area contributed by atoms with Crippen LogP contribution in [0.1, 0.15) is 12.3 Å². The van der Waals surface area contributed by atoms with Gasteiger partial charge >= 0.3 is 0 Å². The van der Waals surface area contributed by atoms with Crippen LogP contribution in [0.15, 0.2) is 47.0 Å². The highest BCUT2D eigenvalue weighted by Crippen LogP contribution is 2.29. The average Bonchev–Trinajstić information content (AvgIpc) is 3.21. The van der Waals surface area contributed by atoms with Crippen molar-refractivity contribution in [2.45, 2.75) is 12.8 Å². The summed E-state index contributed by atoms with van der Waals surface area (Å²) in [5.41, 5.74) is 2.49. The fourth-order valence-corrected chi connectivity index (χ4v) is 2.73. The molecule has 29 heavy (non-hydrogen) atoms. The van der Waals surface area contributed by atoms with Crippen molar-refractivity contribution in [3.05, 3.63) is 48.4 Å². The topological polar surface area (TPSA) is 89.7 Å². The molecule has 0 aliphatic rings. The fourth-order valence-electron chi connectivity index (χ4n) is 2.73. The van der Waals surface area contributed by atoms with Crippen LogP contribution in [0.5, 0.6) is 11.5 Å². The van der Waals surface area contributed by atoms with E-state index in [4.69, 9.17) is 14.0 Å². The average molecular weight is 396 g/mol. The van der Waals surface area contributed by atoms with Crippen molar-refractivity contribution < 1.29 is 18.8 Å². The van der Waals surface area contributed by atoms with Crippen LogP contribution in [0.25, 0.3) is 11.4 Å². The highest BCUT2D eigenvalue weighted by molar-refractivity contribution is 5.92. The summed E-state index contributed by atoms with van der Waals surface area (Å²) in [6.45, 7) is 0. The number of amides is 1. The van der Waals surface area contributed by atoms with Crippen molar-refractivity contribution in [3.8, 4) is 22.9 Å². The number of nitrogens with zero attached hydrogens (tertiary/aromatic N) is 3. The lowest BCUT2D eigenvalue weighted by Gasteiger charge is -2.11. The molecule has 0 saturated heterocycles. The summed E-state index contributed by atoms with van der Waals surface area (Å²) < 4.78 is 15.7. The van der Waals surface area contributed by atoms with Crippen LogP contribution >= 0.6 is 0 Å². The molecule has 152 valence electrons. The predicted molar refractivity (Wildman–Crippen MR) is 111 cm³/mol. The van der Waals surface area contributed by atoms with Crippen molar-refractivity contribution in [3.63, 3.8) is 0 Å². The Kier molecular flexibility index (Phi) is 6.33. The first-order chi connectivity index (χ1) is 14.0. The highest BCUT2D eigenvalue weighted by atomic mass is 16.5. The van der Waals surface area contributed by atoms with E-state index in [1.165, 1.54) is 0 Å². The second-order valence-electron chi connectivity index (χ2n) is 6.57. The third-order valence-electron chi connectivity index (χ3n) is 4.36. The maximum absolute atomic E-state index is 12.3. The molecule has 8 nitrogen and oxygen atoms in total. The number of rotatable bonds is 8. The van der Waals surface area contributed by atoms with Gasteiger partial charge in [-0.2, -0.15) is 4.98 Å². The van der Waals surface area contributed by atoms with Crippen LogP contribution in [-0.4, -0.2) is 44.4 Å². The van der Waals surface area contributed by atoms with Crippen LogP contribution in [0.4, 0.5) is 11.4 Å². The van der Waals surface area contributed by atoms with E-state index in [1.807, 2.05) is 43.3 Å². The van der Waals surface area contributed by atoms with E-state index in [0.29, 0.717) is 35.3 Å². The molecule has 0 spiro atoms. The van der Waals surface area contributed by atoms with Gasteiger partial charge in [0.2, 0.25) is 17.6 Å². The first-order valence-corrected chi connectivity index (χ1v) is 9.12. The smallest absolute Gasteiger partial charge is 0.227 e. The molecule has 8 heteroatoms. The monoisotopic (exact) mass is 396 g/mol. The van der Waals surface area contributed by atoms with Gasteiger partial charge in [-0.05, 0) is 36.4 Å². The molecule has 0 bridgehead atoms. The normalized spacial score (nSPS) is 10.5. The molecule has 0 fully saturated rings. The zero-order valence-corrected chi connectivity index (χ0v) is 16.9. The minimum absolute atomic E-state index is 0.188. The van der Waals surface area contributed by atoms with Gasteiger partial charge in [-0.1, -0.05) is 5.16 Å². The number of benzene rings is 2. The molecule has 2 aromatic carbocycles. The molecule has 0 unspecified atom stereocenters. The molecule has 3 rings (SSSR count). The Balaban J connectivity index is 1.60. The number of nitrogens with one attached hydrogen (secondary N) is 1. The largest absolute Gasteiger partial charge is 0.497 e. The van der Waals surface area contributed by atoms with Crippen LogP contribution in [0.3, 0.4) is 0 Å². The SMILES string of the molecule is COc1ccc(OC)c(NC(=O)CCc2nc(-c3ccc(N(C)C)cc3)no2)c1. The predicted octanol–water partition coefficient (Wildman–Crippen LogP) is 3.39. The summed E-state index contributed by atoms with van der Waals surface area (Å²) in [5.74, 6) is 1.90. The minimum Gasteiger partial charge on any atom is -0.497 e. The van der Waals surface area contributed by atoms with Crippen LogP contribution in [0, 0.1) is 0 Å². The summed E-state index contributed by atoms with van der Waals surface area (Å²) in [5, 5.41) is 6.83. The Morgan fingerprint density at radius 2 is 1.86 bits per heavy atom. The maximum atomic E-state index is 12.3. The summed E-state index contributed by atoms with van der Waals surface area (Å²) in [6, 6.07) is 13.1. The number of ether oxygens (including phenoxy) is 2. The van der Waals surface area contributed by atoms with Crippen molar-refractivity contribution in [1.82, 2.24) is 10.1 Å². The quantitative estimate of drug-likeness (QED) is 0.624. The summed E-state index contributed by atoms with van der Waals surface area (Å²) in [7, 11) is 7.07. The number of hydrogen-bond acceptors (Lipinski definition) is 7. The van der Waals surface area contributed by atoms with Gasteiger partial charge in [0.15, 0.2) is 0 Å². The van der Waals surface area contributed by atoms with Crippen molar-refractivity contribution in [1.29, 1.82) is 0 Å². The molecule has 3 aromatic rings. The van der Waals surface area contributed by atoms with Crippen molar-refractivity contribution >= 4 is 17.3 Å². The van der Waals surface area contributed by atoms with E-state index in [-0.39, 0.29) is 12.3 Å². The molecule has 0 aliphatic carbocycles.